The van der Waals surface area contributed by atoms with E-state index in [2.05, 4.69) is 33.7 Å². The van der Waals surface area contributed by atoms with Crippen LogP contribution in [0.5, 0.6) is 0 Å². The van der Waals surface area contributed by atoms with Crippen LogP contribution >= 0.6 is 22.7 Å². The van der Waals surface area contributed by atoms with Crippen molar-refractivity contribution in [3.05, 3.63) is 33.7 Å². The van der Waals surface area contributed by atoms with Gasteiger partial charge in [0.25, 0.3) is 0 Å². The van der Waals surface area contributed by atoms with Crippen LogP contribution in [0.15, 0.2) is 33.7 Å². The zero-order chi connectivity index (χ0) is 8.23. The van der Waals surface area contributed by atoms with E-state index in [0.717, 1.165) is 0 Å². The average molecular weight is 421 g/mol. The third-order valence-electron chi connectivity index (χ3n) is 1.22. The summed E-state index contributed by atoms with van der Waals surface area (Å²) >= 11 is 4.04. The molecule has 4 heteroatoms. The number of thiophene rings is 2. The quantitative estimate of drug-likeness (QED) is 0.651. The maximum atomic E-state index is 2.32. The zero-order valence-corrected chi connectivity index (χ0v) is 12.4. The summed E-state index contributed by atoms with van der Waals surface area (Å²) in [6.45, 7) is 0. The van der Waals surface area contributed by atoms with Crippen LogP contribution in [0.3, 0.4) is 0 Å². The number of hydrogen-bond acceptors (Lipinski definition) is 2. The first-order valence-corrected chi connectivity index (χ1v) is 14.9. The van der Waals surface area contributed by atoms with Crippen molar-refractivity contribution < 1.29 is 0 Å². The van der Waals surface area contributed by atoms with Gasteiger partial charge in [-0.15, -0.1) is 0 Å². The van der Waals surface area contributed by atoms with Gasteiger partial charge in [-0.1, -0.05) is 0 Å². The normalized spacial score (nSPS) is 10.3. The summed E-state index contributed by atoms with van der Waals surface area (Å²) in [5.41, 5.74) is 0. The van der Waals surface area contributed by atoms with Gasteiger partial charge in [-0.3, -0.25) is 0 Å². The summed E-state index contributed by atoms with van der Waals surface area (Å²) in [5.74, 6) is 0. The molecule has 2 rings (SSSR count). The van der Waals surface area contributed by atoms with E-state index in [0.29, 0.717) is 0 Å². The molecule has 0 radical (unpaired) electrons. The first-order chi connectivity index (χ1) is 5.95. The van der Waals surface area contributed by atoms with Gasteiger partial charge in [0.05, 0.1) is 0 Å². The molecule has 2 aromatic heterocycles. The fourth-order valence-corrected chi connectivity index (χ4v) is 15.5. The fourth-order valence-electron chi connectivity index (χ4n) is 0.695. The molecule has 0 bridgehead atoms. The Labute approximate surface area is 96.3 Å². The van der Waals surface area contributed by atoms with Gasteiger partial charge in [-0.25, -0.2) is 0 Å². The Kier molecular flexibility index (Phi) is 3.98. The second kappa shape index (κ2) is 5.01. The molecule has 0 nitrogen and oxygen atoms in total. The standard InChI is InChI=1S/C8H6S2Te2/c1-3-9-5-7(1)11-12-8-2-4-10-6-8/h1-6H. The van der Waals surface area contributed by atoms with Gasteiger partial charge in [0, 0.05) is 0 Å². The van der Waals surface area contributed by atoms with Crippen LogP contribution in [-0.4, -0.2) is 34.1 Å². The second-order valence-corrected chi connectivity index (χ2v) is 13.7. The van der Waals surface area contributed by atoms with E-state index in [1.165, 1.54) is 0 Å². The molecule has 12 heavy (non-hydrogen) atoms. The molecule has 0 unspecified atom stereocenters. The molecular formula is C8H6S2Te2. The van der Waals surface area contributed by atoms with Crippen LogP contribution in [-0.2, 0) is 0 Å². The Morgan fingerprint density at radius 1 is 0.833 bits per heavy atom. The zero-order valence-electron chi connectivity index (χ0n) is 6.10. The molecule has 0 spiro atoms. The van der Waals surface area contributed by atoms with E-state index in [9.17, 15) is 0 Å². The second-order valence-electron chi connectivity index (χ2n) is 2.08. The van der Waals surface area contributed by atoms with E-state index in [1.54, 1.807) is 7.22 Å². The van der Waals surface area contributed by atoms with E-state index >= 15 is 0 Å². The van der Waals surface area contributed by atoms with Gasteiger partial charge in [0.2, 0.25) is 0 Å². The summed E-state index contributed by atoms with van der Waals surface area (Å²) in [4.78, 5) is 0. The Hall–Kier alpha value is 0.979. The number of rotatable bonds is 3. The summed E-state index contributed by atoms with van der Waals surface area (Å²) in [6.07, 6.45) is 0. The molecular weight excluding hydrogens is 415 g/mol. The first kappa shape index (κ1) is 9.53. The third kappa shape index (κ3) is 2.74. The molecule has 0 aliphatic rings. The van der Waals surface area contributed by atoms with Crippen molar-refractivity contribution in [2.24, 2.45) is 0 Å². The van der Waals surface area contributed by atoms with Gasteiger partial charge in [0.1, 0.15) is 0 Å². The molecule has 0 aliphatic heterocycles. The number of hydrogen-bond donors (Lipinski definition) is 0. The molecule has 0 N–H and O–H groups in total. The van der Waals surface area contributed by atoms with Gasteiger partial charge >= 0.3 is 97.7 Å². The van der Waals surface area contributed by atoms with Crippen LogP contribution in [0, 0.1) is 0 Å². The van der Waals surface area contributed by atoms with Gasteiger partial charge < -0.3 is 0 Å². The van der Waals surface area contributed by atoms with Crippen LogP contribution in [0.1, 0.15) is 0 Å². The predicted molar refractivity (Wildman–Crippen MR) is 59.4 cm³/mol. The Bertz CT molecular complexity index is 278. The molecule has 62 valence electrons. The molecule has 0 aromatic carbocycles. The Balaban J connectivity index is 1.91. The van der Waals surface area contributed by atoms with Crippen molar-refractivity contribution in [1.82, 2.24) is 0 Å². The predicted octanol–water partition coefficient (Wildman–Crippen LogP) is 1.08. The fraction of sp³-hybridized carbons (Fsp3) is 0. The first-order valence-electron chi connectivity index (χ1n) is 3.34. The third-order valence-corrected chi connectivity index (χ3v) is 15.3. The minimum absolute atomic E-state index is 0.186. The van der Waals surface area contributed by atoms with Crippen molar-refractivity contribution in [2.75, 3.05) is 0 Å². The van der Waals surface area contributed by atoms with Crippen molar-refractivity contribution in [1.29, 1.82) is 0 Å². The van der Waals surface area contributed by atoms with Crippen molar-refractivity contribution in [2.45, 2.75) is 0 Å². The van der Waals surface area contributed by atoms with Gasteiger partial charge in [-0.05, 0) is 0 Å². The van der Waals surface area contributed by atoms with Crippen LogP contribution < -0.4 is 7.22 Å². The van der Waals surface area contributed by atoms with E-state index in [4.69, 9.17) is 0 Å². The molecule has 2 aromatic rings. The van der Waals surface area contributed by atoms with Crippen molar-refractivity contribution in [3.8, 4) is 0 Å². The topological polar surface area (TPSA) is 0 Å². The van der Waals surface area contributed by atoms with Crippen molar-refractivity contribution in [3.63, 3.8) is 0 Å². The van der Waals surface area contributed by atoms with Crippen LogP contribution in [0.4, 0.5) is 0 Å². The molecule has 0 amide bonds. The molecule has 0 atom stereocenters. The average Bonchev–Trinajstić information content (AvgIpc) is 2.74. The SMILES string of the molecule is c1cc([Te][Te]c2ccsc2)cs1. The molecule has 0 saturated heterocycles. The van der Waals surface area contributed by atoms with Crippen LogP contribution in [0.2, 0.25) is 0 Å². The Morgan fingerprint density at radius 2 is 1.33 bits per heavy atom. The Morgan fingerprint density at radius 3 is 1.67 bits per heavy atom. The molecule has 0 saturated carbocycles. The molecule has 0 aliphatic carbocycles. The molecule has 2 heterocycles. The minimum atomic E-state index is 0.186. The van der Waals surface area contributed by atoms with Crippen molar-refractivity contribution >= 4 is 64.0 Å². The monoisotopic (exact) mass is 426 g/mol. The van der Waals surface area contributed by atoms with E-state index in [1.807, 2.05) is 22.7 Å². The van der Waals surface area contributed by atoms with E-state index < -0.39 is 0 Å². The maximum absolute atomic E-state index is 2.32. The van der Waals surface area contributed by atoms with Gasteiger partial charge in [-0.2, -0.15) is 0 Å². The summed E-state index contributed by atoms with van der Waals surface area (Å²) < 4.78 is 3.30. The summed E-state index contributed by atoms with van der Waals surface area (Å²) in [5, 5.41) is 9.03. The summed E-state index contributed by atoms with van der Waals surface area (Å²) in [7, 11) is 0. The van der Waals surface area contributed by atoms with E-state index in [-0.39, 0.29) is 34.1 Å². The van der Waals surface area contributed by atoms with Gasteiger partial charge in [0.15, 0.2) is 0 Å². The summed E-state index contributed by atoms with van der Waals surface area (Å²) in [6, 6.07) is 4.59. The van der Waals surface area contributed by atoms with Crippen LogP contribution in [0.25, 0.3) is 0 Å². The molecule has 0 fully saturated rings.